The second-order valence-electron chi connectivity index (χ2n) is 3.53. The van der Waals surface area contributed by atoms with Gasteiger partial charge in [-0.2, -0.15) is 0 Å². The summed E-state index contributed by atoms with van der Waals surface area (Å²) in [6, 6.07) is 7.58. The third kappa shape index (κ3) is 1.65. The fourth-order valence-electron chi connectivity index (χ4n) is 1.87. The lowest BCUT2D eigenvalue weighted by atomic mass is 10.2. The molecule has 1 aromatic heterocycles. The molecule has 0 aliphatic carbocycles. The highest BCUT2D eigenvalue weighted by atomic mass is 35.5. The lowest BCUT2D eigenvalue weighted by Gasteiger charge is -2.04. The van der Waals surface area contributed by atoms with Crippen molar-refractivity contribution in [3.05, 3.63) is 35.0 Å². The Morgan fingerprint density at radius 3 is 2.73 bits per heavy atom. The van der Waals surface area contributed by atoms with Gasteiger partial charge in [-0.25, -0.2) is 0 Å². The number of hydrogen-bond donors (Lipinski definition) is 0. The molecule has 0 saturated carbocycles. The number of nitrogens with zero attached hydrogens (tertiary/aromatic N) is 1. The molecule has 0 atom stereocenters. The molecule has 1 heterocycles. The summed E-state index contributed by atoms with van der Waals surface area (Å²) < 4.78 is 2.01. The van der Waals surface area contributed by atoms with Crippen LogP contribution >= 0.6 is 11.6 Å². The second kappa shape index (κ2) is 3.70. The summed E-state index contributed by atoms with van der Waals surface area (Å²) in [5.41, 5.74) is 1.81. The SMILES string of the molecule is CCn1c(C(C)=O)cc2cc(Cl)ccc21. The molecule has 0 N–H and O–H groups in total. The molecule has 2 aromatic rings. The van der Waals surface area contributed by atoms with E-state index in [1.54, 1.807) is 6.92 Å². The van der Waals surface area contributed by atoms with Crippen LogP contribution in [0.2, 0.25) is 5.02 Å². The van der Waals surface area contributed by atoms with E-state index in [-0.39, 0.29) is 5.78 Å². The molecule has 2 nitrogen and oxygen atoms in total. The zero-order chi connectivity index (χ0) is 11.0. The Bertz CT molecular complexity index is 528. The van der Waals surface area contributed by atoms with Crippen molar-refractivity contribution in [3.63, 3.8) is 0 Å². The van der Waals surface area contributed by atoms with Crippen molar-refractivity contribution in [2.75, 3.05) is 0 Å². The minimum Gasteiger partial charge on any atom is -0.338 e. The van der Waals surface area contributed by atoms with Gasteiger partial charge < -0.3 is 4.57 Å². The van der Waals surface area contributed by atoms with Crippen molar-refractivity contribution in [2.45, 2.75) is 20.4 Å². The number of halogens is 1. The fraction of sp³-hybridized carbons (Fsp3) is 0.250. The van der Waals surface area contributed by atoms with Crippen molar-refractivity contribution in [1.29, 1.82) is 0 Å². The average Bonchev–Trinajstić information content (AvgIpc) is 2.55. The number of rotatable bonds is 2. The molecule has 0 spiro atoms. The molecular formula is C12H12ClNO. The van der Waals surface area contributed by atoms with E-state index in [2.05, 4.69) is 0 Å². The van der Waals surface area contributed by atoms with Gasteiger partial charge in [0.15, 0.2) is 5.78 Å². The van der Waals surface area contributed by atoms with Crippen molar-refractivity contribution >= 4 is 28.3 Å². The van der Waals surface area contributed by atoms with Gasteiger partial charge in [0.2, 0.25) is 0 Å². The van der Waals surface area contributed by atoms with Crippen LogP contribution in [0.1, 0.15) is 24.3 Å². The molecule has 0 aliphatic heterocycles. The van der Waals surface area contributed by atoms with Gasteiger partial charge in [-0.05, 0) is 31.2 Å². The van der Waals surface area contributed by atoms with Crippen LogP contribution in [0.3, 0.4) is 0 Å². The van der Waals surface area contributed by atoms with Crippen molar-refractivity contribution < 1.29 is 4.79 Å². The predicted octanol–water partition coefficient (Wildman–Crippen LogP) is 3.52. The zero-order valence-electron chi connectivity index (χ0n) is 8.75. The molecule has 78 valence electrons. The normalized spacial score (nSPS) is 10.9. The zero-order valence-corrected chi connectivity index (χ0v) is 9.51. The van der Waals surface area contributed by atoms with Crippen molar-refractivity contribution in [1.82, 2.24) is 4.57 Å². The average molecular weight is 222 g/mol. The Morgan fingerprint density at radius 1 is 1.40 bits per heavy atom. The van der Waals surface area contributed by atoms with E-state index >= 15 is 0 Å². The molecule has 0 amide bonds. The molecular weight excluding hydrogens is 210 g/mol. The molecule has 0 radical (unpaired) electrons. The standard InChI is InChI=1S/C12H12ClNO/c1-3-14-11-5-4-10(13)6-9(11)7-12(14)8(2)15/h4-7H,3H2,1-2H3. The van der Waals surface area contributed by atoms with E-state index in [1.807, 2.05) is 35.8 Å². The summed E-state index contributed by atoms with van der Waals surface area (Å²) in [4.78, 5) is 11.4. The van der Waals surface area contributed by atoms with Gasteiger partial charge in [-0.1, -0.05) is 11.6 Å². The van der Waals surface area contributed by atoms with Crippen LogP contribution in [0, 0.1) is 0 Å². The first-order chi connectivity index (χ1) is 7.13. The molecule has 0 fully saturated rings. The molecule has 1 aromatic carbocycles. The number of aromatic nitrogens is 1. The van der Waals surface area contributed by atoms with E-state index < -0.39 is 0 Å². The lowest BCUT2D eigenvalue weighted by Crippen LogP contribution is -2.04. The fourth-order valence-corrected chi connectivity index (χ4v) is 2.05. The van der Waals surface area contributed by atoms with E-state index in [9.17, 15) is 4.79 Å². The van der Waals surface area contributed by atoms with E-state index in [1.165, 1.54) is 0 Å². The van der Waals surface area contributed by atoms with Crippen LogP contribution in [0.25, 0.3) is 10.9 Å². The molecule has 2 rings (SSSR count). The molecule has 3 heteroatoms. The maximum Gasteiger partial charge on any atom is 0.176 e. The van der Waals surface area contributed by atoms with Crippen molar-refractivity contribution in [3.8, 4) is 0 Å². The van der Waals surface area contributed by atoms with Gasteiger partial charge in [-0.15, -0.1) is 0 Å². The van der Waals surface area contributed by atoms with Crippen LogP contribution in [-0.4, -0.2) is 10.4 Å². The largest absolute Gasteiger partial charge is 0.338 e. The first kappa shape index (κ1) is 10.2. The molecule has 0 saturated heterocycles. The number of Topliss-reactive ketones (excluding diaryl/α,β-unsaturated/α-hetero) is 1. The Labute approximate surface area is 93.5 Å². The molecule has 15 heavy (non-hydrogen) atoms. The third-order valence-electron chi connectivity index (χ3n) is 2.54. The molecule has 0 aliphatic rings. The number of hydrogen-bond acceptors (Lipinski definition) is 1. The lowest BCUT2D eigenvalue weighted by molar-refractivity contribution is 0.100. The quantitative estimate of drug-likeness (QED) is 0.712. The minimum atomic E-state index is 0.0872. The van der Waals surface area contributed by atoms with E-state index in [0.717, 1.165) is 23.1 Å². The number of benzene rings is 1. The number of aryl methyl sites for hydroxylation is 1. The highest BCUT2D eigenvalue weighted by Crippen LogP contribution is 2.23. The predicted molar refractivity (Wildman–Crippen MR) is 62.6 cm³/mol. The maximum absolute atomic E-state index is 11.4. The Hall–Kier alpha value is -1.28. The Balaban J connectivity index is 2.78. The van der Waals surface area contributed by atoms with Crippen molar-refractivity contribution in [2.24, 2.45) is 0 Å². The highest BCUT2D eigenvalue weighted by Gasteiger charge is 2.10. The number of fused-ring (bicyclic) bond motifs is 1. The summed E-state index contributed by atoms with van der Waals surface area (Å²) in [6.45, 7) is 4.41. The number of ketones is 1. The molecule has 0 unspecified atom stereocenters. The van der Waals surface area contributed by atoms with Gasteiger partial charge in [0.25, 0.3) is 0 Å². The Kier molecular flexibility index (Phi) is 2.53. The summed E-state index contributed by atoms with van der Waals surface area (Å²) in [7, 11) is 0. The third-order valence-corrected chi connectivity index (χ3v) is 2.78. The van der Waals surface area contributed by atoms with Crippen LogP contribution in [0.5, 0.6) is 0 Å². The van der Waals surface area contributed by atoms with Crippen LogP contribution in [0.15, 0.2) is 24.3 Å². The van der Waals surface area contributed by atoms with Gasteiger partial charge in [0.1, 0.15) is 0 Å². The maximum atomic E-state index is 11.4. The number of carbonyl (C=O) groups is 1. The second-order valence-corrected chi connectivity index (χ2v) is 3.97. The molecule has 0 bridgehead atoms. The van der Waals surface area contributed by atoms with E-state index in [4.69, 9.17) is 11.6 Å². The first-order valence-corrected chi connectivity index (χ1v) is 5.31. The van der Waals surface area contributed by atoms with Gasteiger partial charge in [0, 0.05) is 29.4 Å². The highest BCUT2D eigenvalue weighted by molar-refractivity contribution is 6.31. The van der Waals surface area contributed by atoms with Crippen LogP contribution in [0.4, 0.5) is 0 Å². The summed E-state index contributed by atoms with van der Waals surface area (Å²) >= 11 is 5.91. The van der Waals surface area contributed by atoms with Gasteiger partial charge in [-0.3, -0.25) is 4.79 Å². The smallest absolute Gasteiger partial charge is 0.176 e. The Morgan fingerprint density at radius 2 is 2.13 bits per heavy atom. The van der Waals surface area contributed by atoms with Gasteiger partial charge >= 0.3 is 0 Å². The van der Waals surface area contributed by atoms with Crippen LogP contribution in [-0.2, 0) is 6.54 Å². The minimum absolute atomic E-state index is 0.0872. The first-order valence-electron chi connectivity index (χ1n) is 4.93. The topological polar surface area (TPSA) is 22.0 Å². The summed E-state index contributed by atoms with van der Waals surface area (Å²) in [5.74, 6) is 0.0872. The summed E-state index contributed by atoms with van der Waals surface area (Å²) in [6.07, 6.45) is 0. The van der Waals surface area contributed by atoms with Crippen LogP contribution < -0.4 is 0 Å². The summed E-state index contributed by atoms with van der Waals surface area (Å²) in [5, 5.41) is 1.72. The van der Waals surface area contributed by atoms with E-state index in [0.29, 0.717) is 5.02 Å². The van der Waals surface area contributed by atoms with Gasteiger partial charge in [0.05, 0.1) is 5.69 Å². The monoisotopic (exact) mass is 221 g/mol. The number of carbonyl (C=O) groups excluding carboxylic acids is 1.